The Balaban J connectivity index is 1.38. The fourth-order valence-corrected chi connectivity index (χ4v) is 4.47. The minimum absolute atomic E-state index is 0.0752. The van der Waals surface area contributed by atoms with Crippen molar-refractivity contribution in [1.29, 1.82) is 0 Å². The number of thiophene rings is 1. The Hall–Kier alpha value is -2.62. The molecule has 2 aliphatic heterocycles. The lowest BCUT2D eigenvalue weighted by molar-refractivity contribution is -0.125. The van der Waals surface area contributed by atoms with Crippen LogP contribution in [0.1, 0.15) is 9.67 Å². The van der Waals surface area contributed by atoms with E-state index in [4.69, 9.17) is 21.1 Å². The molecule has 0 bridgehead atoms. The minimum atomic E-state index is -0.463. The van der Waals surface area contributed by atoms with E-state index in [1.54, 1.807) is 48.3 Å². The van der Waals surface area contributed by atoms with Crippen molar-refractivity contribution < 1.29 is 23.9 Å². The van der Waals surface area contributed by atoms with Gasteiger partial charge in [-0.2, -0.15) is 0 Å². The quantitative estimate of drug-likeness (QED) is 0.701. The average Bonchev–Trinajstić information content (AvgIpc) is 3.33. The number of rotatable bonds is 5. The summed E-state index contributed by atoms with van der Waals surface area (Å²) in [6.45, 7) is 1.68. The molecule has 30 heavy (non-hydrogen) atoms. The van der Waals surface area contributed by atoms with Crippen molar-refractivity contribution in [3.05, 3.63) is 45.6 Å². The smallest absolute Gasteiger partial charge is 0.414 e. The number of hydrogen-bond acceptors (Lipinski definition) is 6. The third-order valence-corrected chi connectivity index (χ3v) is 6.16. The molecule has 0 radical (unpaired) electrons. The predicted molar refractivity (Wildman–Crippen MR) is 114 cm³/mol. The summed E-state index contributed by atoms with van der Waals surface area (Å²) in [7, 11) is 1.67. The Bertz CT molecular complexity index is 964. The van der Waals surface area contributed by atoms with Crippen LogP contribution in [0.2, 0.25) is 4.34 Å². The van der Waals surface area contributed by atoms with E-state index in [1.807, 2.05) is 0 Å². The molecule has 0 unspecified atom stereocenters. The van der Waals surface area contributed by atoms with Crippen LogP contribution in [0, 0.1) is 0 Å². The van der Waals surface area contributed by atoms with Gasteiger partial charge in [0.25, 0.3) is 11.8 Å². The van der Waals surface area contributed by atoms with Gasteiger partial charge in [-0.05, 0) is 36.4 Å². The zero-order chi connectivity index (χ0) is 21.3. The van der Waals surface area contributed by atoms with Gasteiger partial charge in [0.2, 0.25) is 0 Å². The number of halogens is 1. The number of morpholine rings is 1. The highest BCUT2D eigenvalue weighted by molar-refractivity contribution is 7.17. The predicted octanol–water partition coefficient (Wildman–Crippen LogP) is 2.86. The molecule has 2 aliphatic rings. The van der Waals surface area contributed by atoms with Gasteiger partial charge >= 0.3 is 6.09 Å². The Morgan fingerprint density at radius 3 is 2.50 bits per heavy atom. The Labute approximate surface area is 182 Å². The lowest BCUT2D eigenvalue weighted by atomic mass is 10.2. The molecule has 2 saturated heterocycles. The molecule has 2 fully saturated rings. The number of anilines is 2. The number of ether oxygens (including phenoxy) is 2. The molecule has 1 aromatic heterocycles. The van der Waals surface area contributed by atoms with Gasteiger partial charge < -0.3 is 19.3 Å². The van der Waals surface area contributed by atoms with E-state index in [0.29, 0.717) is 34.6 Å². The number of amides is 3. The summed E-state index contributed by atoms with van der Waals surface area (Å²) in [5, 5.41) is 0. The Kier molecular flexibility index (Phi) is 5.94. The second kappa shape index (κ2) is 8.63. The molecule has 3 amide bonds. The van der Waals surface area contributed by atoms with Crippen LogP contribution in [0.5, 0.6) is 0 Å². The highest BCUT2D eigenvalue weighted by Crippen LogP contribution is 2.27. The maximum atomic E-state index is 12.5. The van der Waals surface area contributed by atoms with Crippen LogP contribution in [0.3, 0.4) is 0 Å². The van der Waals surface area contributed by atoms with Gasteiger partial charge in [-0.15, -0.1) is 11.3 Å². The lowest BCUT2D eigenvalue weighted by Crippen LogP contribution is -2.41. The summed E-state index contributed by atoms with van der Waals surface area (Å²) in [5.41, 5.74) is 1.43. The van der Waals surface area contributed by atoms with Crippen LogP contribution in [0.4, 0.5) is 16.2 Å². The Morgan fingerprint density at radius 2 is 1.87 bits per heavy atom. The van der Waals surface area contributed by atoms with Crippen molar-refractivity contribution in [3.8, 4) is 0 Å². The van der Waals surface area contributed by atoms with Crippen molar-refractivity contribution in [3.63, 3.8) is 0 Å². The van der Waals surface area contributed by atoms with Gasteiger partial charge in [-0.25, -0.2) is 4.79 Å². The van der Waals surface area contributed by atoms with Gasteiger partial charge in [0.1, 0.15) is 12.7 Å². The van der Waals surface area contributed by atoms with Gasteiger partial charge in [0.15, 0.2) is 0 Å². The van der Waals surface area contributed by atoms with Crippen LogP contribution in [-0.4, -0.2) is 68.8 Å². The van der Waals surface area contributed by atoms with Crippen molar-refractivity contribution in [2.75, 3.05) is 49.7 Å². The standard InChI is InChI=1S/C20H20ClN3O5S/c1-22(19(26)16-6-7-17(21)30-16)10-15-11-24(20(27)29-15)14-4-2-13(3-5-14)23-8-9-28-12-18(23)25/h2-7,15H,8-12H2,1H3/t15-/m0/s1. The van der Waals surface area contributed by atoms with Gasteiger partial charge in [0, 0.05) is 25.0 Å². The first-order valence-electron chi connectivity index (χ1n) is 9.39. The first-order valence-corrected chi connectivity index (χ1v) is 10.6. The maximum Gasteiger partial charge on any atom is 0.414 e. The minimum Gasteiger partial charge on any atom is -0.442 e. The molecule has 2 aromatic rings. The summed E-state index contributed by atoms with van der Waals surface area (Å²) < 4.78 is 11.1. The van der Waals surface area contributed by atoms with Gasteiger partial charge in [-0.3, -0.25) is 14.5 Å². The van der Waals surface area contributed by atoms with Crippen molar-refractivity contribution in [2.24, 2.45) is 0 Å². The van der Waals surface area contributed by atoms with Crippen LogP contribution >= 0.6 is 22.9 Å². The van der Waals surface area contributed by atoms with E-state index in [2.05, 4.69) is 0 Å². The van der Waals surface area contributed by atoms with Crippen molar-refractivity contribution in [1.82, 2.24) is 4.90 Å². The molecular weight excluding hydrogens is 430 g/mol. The van der Waals surface area contributed by atoms with E-state index >= 15 is 0 Å². The maximum absolute atomic E-state index is 12.5. The summed E-state index contributed by atoms with van der Waals surface area (Å²) in [6, 6.07) is 10.5. The van der Waals surface area contributed by atoms with E-state index in [0.717, 1.165) is 5.69 Å². The molecule has 0 spiro atoms. The molecule has 3 heterocycles. The molecule has 0 saturated carbocycles. The number of carbonyl (C=O) groups is 3. The summed E-state index contributed by atoms with van der Waals surface area (Å²) in [4.78, 5) is 42.0. The van der Waals surface area contributed by atoms with E-state index in [9.17, 15) is 14.4 Å². The molecule has 10 heteroatoms. The van der Waals surface area contributed by atoms with Crippen LogP contribution < -0.4 is 9.80 Å². The van der Waals surface area contributed by atoms with Crippen LogP contribution in [0.15, 0.2) is 36.4 Å². The number of carbonyl (C=O) groups excluding carboxylic acids is 3. The monoisotopic (exact) mass is 449 g/mol. The van der Waals surface area contributed by atoms with Gasteiger partial charge in [0.05, 0.1) is 28.9 Å². The van der Waals surface area contributed by atoms with E-state index < -0.39 is 12.2 Å². The van der Waals surface area contributed by atoms with E-state index in [-0.39, 0.29) is 25.0 Å². The number of likely N-dealkylation sites (N-methyl/N-ethyl adjacent to an activating group) is 1. The number of hydrogen-bond donors (Lipinski definition) is 0. The molecule has 1 atom stereocenters. The topological polar surface area (TPSA) is 79.4 Å². The third-order valence-electron chi connectivity index (χ3n) is 4.94. The van der Waals surface area contributed by atoms with Crippen molar-refractivity contribution >= 4 is 52.2 Å². The third kappa shape index (κ3) is 4.28. The van der Waals surface area contributed by atoms with Crippen LogP contribution in [0.25, 0.3) is 0 Å². The first kappa shape index (κ1) is 20.6. The van der Waals surface area contributed by atoms with Crippen LogP contribution in [-0.2, 0) is 14.3 Å². The molecule has 8 nitrogen and oxygen atoms in total. The molecular formula is C20H20ClN3O5S. The largest absolute Gasteiger partial charge is 0.442 e. The van der Waals surface area contributed by atoms with Crippen molar-refractivity contribution in [2.45, 2.75) is 6.10 Å². The number of benzene rings is 1. The summed E-state index contributed by atoms with van der Waals surface area (Å²) >= 11 is 7.11. The average molecular weight is 450 g/mol. The number of nitrogens with zero attached hydrogens (tertiary/aromatic N) is 3. The molecule has 0 aliphatic carbocycles. The second-order valence-corrected chi connectivity index (χ2v) is 8.74. The molecule has 0 N–H and O–H groups in total. The fraction of sp³-hybridized carbons (Fsp3) is 0.350. The first-order chi connectivity index (χ1) is 14.4. The lowest BCUT2D eigenvalue weighted by Gasteiger charge is -2.27. The SMILES string of the molecule is CN(C[C@H]1CN(c2ccc(N3CCOCC3=O)cc2)C(=O)O1)C(=O)c1ccc(Cl)s1. The fourth-order valence-electron chi connectivity index (χ4n) is 3.44. The normalized spacial score (nSPS) is 19.2. The highest BCUT2D eigenvalue weighted by Gasteiger charge is 2.34. The highest BCUT2D eigenvalue weighted by atomic mass is 35.5. The summed E-state index contributed by atoms with van der Waals surface area (Å²) in [5.74, 6) is -0.254. The van der Waals surface area contributed by atoms with Gasteiger partial charge in [-0.1, -0.05) is 11.6 Å². The Morgan fingerprint density at radius 1 is 1.17 bits per heavy atom. The molecule has 4 rings (SSSR count). The number of cyclic esters (lactones) is 1. The zero-order valence-electron chi connectivity index (χ0n) is 16.2. The van der Waals surface area contributed by atoms with E-state index in [1.165, 1.54) is 21.1 Å². The zero-order valence-corrected chi connectivity index (χ0v) is 17.8. The molecule has 158 valence electrons. The summed E-state index contributed by atoms with van der Waals surface area (Å²) in [6.07, 6.45) is -0.905. The second-order valence-electron chi connectivity index (χ2n) is 7.02. The molecule has 1 aromatic carbocycles.